The van der Waals surface area contributed by atoms with Crippen molar-refractivity contribution in [3.05, 3.63) is 57.6 Å². The largest absolute Gasteiger partial charge is 0.505 e. The minimum Gasteiger partial charge on any atom is -0.505 e. The molecule has 0 amide bonds. The van der Waals surface area contributed by atoms with Crippen molar-refractivity contribution in [3.8, 4) is 5.75 Å². The normalized spacial score (nSPS) is 20.8. The number of hydrogen-bond donors (Lipinski definition) is 3. The summed E-state index contributed by atoms with van der Waals surface area (Å²) in [4.78, 5) is 0. The van der Waals surface area contributed by atoms with Crippen molar-refractivity contribution in [2.45, 2.75) is 18.5 Å². The average molecular weight is 309 g/mol. The lowest BCUT2D eigenvalue weighted by Crippen LogP contribution is -2.10. The molecule has 1 aliphatic carbocycles. The number of nitrogens with two attached hydrogens (primary N) is 1. The van der Waals surface area contributed by atoms with Gasteiger partial charge in [-0.1, -0.05) is 47.5 Å². The molecule has 3 rings (SSSR count). The van der Waals surface area contributed by atoms with Gasteiger partial charge in [-0.05, 0) is 29.7 Å². The summed E-state index contributed by atoms with van der Waals surface area (Å²) in [5, 5.41) is 13.4. The molecule has 0 radical (unpaired) electrons. The Bertz CT molecular complexity index is 637. The van der Waals surface area contributed by atoms with Crippen molar-refractivity contribution < 1.29 is 5.11 Å². The van der Waals surface area contributed by atoms with Gasteiger partial charge >= 0.3 is 0 Å². The molecule has 104 valence electrons. The molecule has 0 aliphatic heterocycles. The number of phenolic OH excluding ortho intramolecular Hbond substituents is 1. The van der Waals surface area contributed by atoms with Crippen LogP contribution in [0.25, 0.3) is 0 Å². The SMILES string of the molecule is NC1CC(Nc2cc(Cl)c(O)c(Cl)c2)c2ccccc21. The van der Waals surface area contributed by atoms with Gasteiger partial charge < -0.3 is 16.2 Å². The first kappa shape index (κ1) is 13.6. The van der Waals surface area contributed by atoms with Crippen molar-refractivity contribution >= 4 is 28.9 Å². The third-order valence-corrected chi connectivity index (χ3v) is 4.19. The van der Waals surface area contributed by atoms with E-state index in [1.165, 1.54) is 11.1 Å². The van der Waals surface area contributed by atoms with E-state index in [-0.39, 0.29) is 27.9 Å². The maximum atomic E-state index is 9.58. The Balaban J connectivity index is 1.90. The molecule has 2 unspecified atom stereocenters. The average Bonchev–Trinajstić information content (AvgIpc) is 2.73. The Morgan fingerprint density at radius 1 is 1.10 bits per heavy atom. The van der Waals surface area contributed by atoms with Gasteiger partial charge in [0.2, 0.25) is 0 Å². The summed E-state index contributed by atoms with van der Waals surface area (Å²) < 4.78 is 0. The zero-order valence-electron chi connectivity index (χ0n) is 10.6. The number of nitrogens with one attached hydrogen (secondary N) is 1. The van der Waals surface area contributed by atoms with Gasteiger partial charge in [-0.2, -0.15) is 0 Å². The van der Waals surface area contributed by atoms with Crippen LogP contribution in [-0.2, 0) is 0 Å². The highest BCUT2D eigenvalue weighted by molar-refractivity contribution is 6.37. The lowest BCUT2D eigenvalue weighted by Gasteiger charge is -2.16. The van der Waals surface area contributed by atoms with E-state index in [0.717, 1.165) is 12.1 Å². The molecule has 0 saturated heterocycles. The van der Waals surface area contributed by atoms with Gasteiger partial charge in [0.05, 0.1) is 16.1 Å². The molecule has 4 N–H and O–H groups in total. The molecular formula is C15H14Cl2N2O. The van der Waals surface area contributed by atoms with E-state index in [1.54, 1.807) is 12.1 Å². The fourth-order valence-corrected chi connectivity index (χ4v) is 3.15. The fourth-order valence-electron chi connectivity index (χ4n) is 2.66. The molecule has 0 saturated carbocycles. The van der Waals surface area contributed by atoms with Crippen LogP contribution < -0.4 is 11.1 Å². The monoisotopic (exact) mass is 308 g/mol. The molecule has 1 aliphatic rings. The van der Waals surface area contributed by atoms with Gasteiger partial charge in [0.15, 0.2) is 5.75 Å². The summed E-state index contributed by atoms with van der Waals surface area (Å²) in [6, 6.07) is 11.6. The first-order valence-corrected chi connectivity index (χ1v) is 7.11. The molecule has 2 aromatic rings. The van der Waals surface area contributed by atoms with Crippen LogP contribution in [-0.4, -0.2) is 5.11 Å². The molecule has 3 nitrogen and oxygen atoms in total. The number of hydrogen-bond acceptors (Lipinski definition) is 3. The van der Waals surface area contributed by atoms with Crippen LogP contribution in [0.3, 0.4) is 0 Å². The lowest BCUT2D eigenvalue weighted by molar-refractivity contribution is 0.476. The zero-order chi connectivity index (χ0) is 14.3. The van der Waals surface area contributed by atoms with Crippen molar-refractivity contribution in [2.75, 3.05) is 5.32 Å². The van der Waals surface area contributed by atoms with E-state index < -0.39 is 0 Å². The second-order valence-electron chi connectivity index (χ2n) is 4.96. The number of phenols is 1. The van der Waals surface area contributed by atoms with Crippen LogP contribution in [0.15, 0.2) is 36.4 Å². The molecule has 5 heteroatoms. The van der Waals surface area contributed by atoms with Crippen LogP contribution >= 0.6 is 23.2 Å². The van der Waals surface area contributed by atoms with Gasteiger partial charge in [-0.3, -0.25) is 0 Å². The highest BCUT2D eigenvalue weighted by atomic mass is 35.5. The van der Waals surface area contributed by atoms with Crippen molar-refractivity contribution in [1.29, 1.82) is 0 Å². The number of fused-ring (bicyclic) bond motifs is 1. The Kier molecular flexibility index (Phi) is 3.50. The first-order chi connectivity index (χ1) is 9.56. The van der Waals surface area contributed by atoms with Crippen LogP contribution in [0, 0.1) is 0 Å². The topological polar surface area (TPSA) is 58.3 Å². The molecule has 20 heavy (non-hydrogen) atoms. The van der Waals surface area contributed by atoms with Gasteiger partial charge in [0.1, 0.15) is 0 Å². The third-order valence-electron chi connectivity index (χ3n) is 3.62. The van der Waals surface area contributed by atoms with Crippen molar-refractivity contribution in [1.82, 2.24) is 0 Å². The zero-order valence-corrected chi connectivity index (χ0v) is 12.1. The highest BCUT2D eigenvalue weighted by Crippen LogP contribution is 2.41. The fraction of sp³-hybridized carbons (Fsp3) is 0.200. The Hall–Kier alpha value is -1.42. The van der Waals surface area contributed by atoms with Gasteiger partial charge in [0, 0.05) is 11.7 Å². The maximum Gasteiger partial charge on any atom is 0.152 e. The molecule has 0 bridgehead atoms. The number of aromatic hydroxyl groups is 1. The number of rotatable bonds is 2. The second-order valence-corrected chi connectivity index (χ2v) is 5.77. The van der Waals surface area contributed by atoms with E-state index in [4.69, 9.17) is 28.9 Å². The second kappa shape index (κ2) is 5.17. The molecule has 0 aromatic heterocycles. The van der Waals surface area contributed by atoms with Gasteiger partial charge in [-0.25, -0.2) is 0 Å². The quantitative estimate of drug-likeness (QED) is 0.727. The van der Waals surface area contributed by atoms with Crippen LogP contribution in [0.5, 0.6) is 5.75 Å². The summed E-state index contributed by atoms with van der Waals surface area (Å²) in [5.74, 6) is -0.0950. The van der Waals surface area contributed by atoms with E-state index in [0.29, 0.717) is 0 Å². The number of anilines is 1. The molecule has 2 aromatic carbocycles. The molecule has 0 spiro atoms. The molecular weight excluding hydrogens is 295 g/mol. The minimum absolute atomic E-state index is 0.0340. The summed E-state index contributed by atoms with van der Waals surface area (Å²) in [6.07, 6.45) is 0.815. The van der Waals surface area contributed by atoms with E-state index in [9.17, 15) is 5.11 Å². The third kappa shape index (κ3) is 2.33. The molecule has 0 fully saturated rings. The lowest BCUT2D eigenvalue weighted by atomic mass is 10.1. The van der Waals surface area contributed by atoms with Crippen LogP contribution in [0.1, 0.15) is 29.6 Å². The van der Waals surface area contributed by atoms with Crippen molar-refractivity contribution in [3.63, 3.8) is 0 Å². The Labute approximate surface area is 127 Å². The minimum atomic E-state index is -0.0950. The summed E-state index contributed by atoms with van der Waals surface area (Å²) in [7, 11) is 0. The van der Waals surface area contributed by atoms with E-state index in [1.807, 2.05) is 12.1 Å². The highest BCUT2D eigenvalue weighted by Gasteiger charge is 2.28. The van der Waals surface area contributed by atoms with Gasteiger partial charge in [0.25, 0.3) is 0 Å². The summed E-state index contributed by atoms with van der Waals surface area (Å²) in [6.45, 7) is 0. The van der Waals surface area contributed by atoms with E-state index in [2.05, 4.69) is 17.4 Å². The maximum absolute atomic E-state index is 9.58. The number of benzene rings is 2. The van der Waals surface area contributed by atoms with E-state index >= 15 is 0 Å². The Morgan fingerprint density at radius 3 is 2.35 bits per heavy atom. The van der Waals surface area contributed by atoms with Crippen LogP contribution in [0.4, 0.5) is 5.69 Å². The van der Waals surface area contributed by atoms with Crippen LogP contribution in [0.2, 0.25) is 10.0 Å². The first-order valence-electron chi connectivity index (χ1n) is 6.35. The Morgan fingerprint density at radius 2 is 1.70 bits per heavy atom. The summed E-state index contributed by atoms with van der Waals surface area (Å²) in [5.41, 5.74) is 9.27. The predicted molar refractivity (Wildman–Crippen MR) is 82.5 cm³/mol. The smallest absolute Gasteiger partial charge is 0.152 e. The molecule has 0 heterocycles. The number of halogens is 2. The van der Waals surface area contributed by atoms with Gasteiger partial charge in [-0.15, -0.1) is 0 Å². The molecule has 2 atom stereocenters. The predicted octanol–water partition coefficient (Wildman–Crippen LogP) is 4.26. The van der Waals surface area contributed by atoms with Crippen molar-refractivity contribution in [2.24, 2.45) is 5.73 Å². The summed E-state index contributed by atoms with van der Waals surface area (Å²) >= 11 is 11.9. The standard InChI is InChI=1S/C15H14Cl2N2O/c16-11-5-8(6-12(17)15(11)20)19-14-7-13(18)9-3-1-2-4-10(9)14/h1-6,13-14,19-20H,7,18H2.